The molecule has 2 fully saturated rings. The zero-order valence-electron chi connectivity index (χ0n) is 20.8. The van der Waals surface area contributed by atoms with Crippen LogP contribution < -0.4 is 0 Å². The number of halogens is 5. The molecule has 2 N–H and O–H groups in total. The van der Waals surface area contributed by atoms with Crippen molar-refractivity contribution in [3.63, 3.8) is 0 Å². The summed E-state index contributed by atoms with van der Waals surface area (Å²) in [6, 6.07) is 2.28. The zero-order chi connectivity index (χ0) is 27.9. The van der Waals surface area contributed by atoms with Crippen molar-refractivity contribution in [3.05, 3.63) is 53.3 Å². The summed E-state index contributed by atoms with van der Waals surface area (Å²) >= 11 is 0. The van der Waals surface area contributed by atoms with Crippen LogP contribution in [0.2, 0.25) is 0 Å². The molecule has 14 heteroatoms. The molecule has 2 aromatic heterocycles. The summed E-state index contributed by atoms with van der Waals surface area (Å²) in [6.07, 6.45) is -2.42. The van der Waals surface area contributed by atoms with Gasteiger partial charge in [0.05, 0.1) is 24.6 Å². The van der Waals surface area contributed by atoms with Gasteiger partial charge in [-0.15, -0.1) is 5.10 Å². The van der Waals surface area contributed by atoms with Crippen LogP contribution in [0.3, 0.4) is 0 Å². The summed E-state index contributed by atoms with van der Waals surface area (Å²) in [4.78, 5) is 0. The highest BCUT2D eigenvalue weighted by Gasteiger charge is 2.47. The molecule has 5 rings (SSSR count). The monoisotopic (exact) mass is 558 g/mol. The Morgan fingerprint density at radius 3 is 2.44 bits per heavy atom. The molecular formula is C25H27F5N4O5. The van der Waals surface area contributed by atoms with Gasteiger partial charge in [-0.1, -0.05) is 10.4 Å². The number of aliphatic hydroxyl groups is 2. The van der Waals surface area contributed by atoms with Gasteiger partial charge < -0.3 is 24.2 Å². The molecule has 1 saturated carbocycles. The smallest absolute Gasteiger partial charge is 0.248 e. The first-order valence-corrected chi connectivity index (χ1v) is 12.5. The van der Waals surface area contributed by atoms with Gasteiger partial charge in [-0.25, -0.2) is 26.6 Å². The number of alkyl halides is 2. The number of benzene rings is 1. The second-order valence-corrected chi connectivity index (χ2v) is 9.97. The van der Waals surface area contributed by atoms with Crippen LogP contribution in [0.15, 0.2) is 28.9 Å². The summed E-state index contributed by atoms with van der Waals surface area (Å²) in [7, 11) is 1.39. The molecule has 0 radical (unpaired) electrons. The number of rotatable bonds is 7. The van der Waals surface area contributed by atoms with Crippen molar-refractivity contribution in [2.45, 2.75) is 74.4 Å². The molecule has 212 valence electrons. The minimum absolute atomic E-state index is 0.0117. The lowest BCUT2D eigenvalue weighted by atomic mass is 9.85. The van der Waals surface area contributed by atoms with Crippen LogP contribution in [-0.2, 0) is 15.9 Å². The fraction of sp³-hybridized carbons (Fsp3) is 0.560. The summed E-state index contributed by atoms with van der Waals surface area (Å²) in [5, 5.41) is 32.8. The molecule has 39 heavy (non-hydrogen) atoms. The Kier molecular flexibility index (Phi) is 7.73. The SMILES string of the molecule is CO[C@@H]1[C@@H](n2cc(-c3cc(F)c(F)c(F)c3)nn2)[C@@H](O)[C@@H](CO)O[C@@H]1Cc1cc(C2CCC(F)(F)CC2)on1. The maximum absolute atomic E-state index is 13.8. The van der Waals surface area contributed by atoms with E-state index >= 15 is 0 Å². The quantitative estimate of drug-likeness (QED) is 0.334. The Labute approximate surface area is 219 Å². The molecule has 9 nitrogen and oxygen atoms in total. The Morgan fingerprint density at radius 1 is 1.10 bits per heavy atom. The van der Waals surface area contributed by atoms with Crippen molar-refractivity contribution in [2.75, 3.05) is 13.7 Å². The summed E-state index contributed by atoms with van der Waals surface area (Å²) in [5.41, 5.74) is 0.412. The van der Waals surface area contributed by atoms with E-state index < -0.39 is 60.4 Å². The van der Waals surface area contributed by atoms with Crippen molar-refractivity contribution in [2.24, 2.45) is 0 Å². The van der Waals surface area contributed by atoms with Gasteiger partial charge in [0.1, 0.15) is 35.8 Å². The number of methoxy groups -OCH3 is 1. The van der Waals surface area contributed by atoms with Crippen molar-refractivity contribution in [1.82, 2.24) is 20.2 Å². The number of aliphatic hydroxyl groups excluding tert-OH is 2. The molecule has 1 aromatic carbocycles. The maximum Gasteiger partial charge on any atom is 0.248 e. The molecule has 3 heterocycles. The van der Waals surface area contributed by atoms with E-state index in [0.717, 1.165) is 12.1 Å². The van der Waals surface area contributed by atoms with E-state index in [2.05, 4.69) is 15.5 Å². The van der Waals surface area contributed by atoms with Gasteiger partial charge in [-0.2, -0.15) is 0 Å². The Bertz CT molecular complexity index is 1270. The van der Waals surface area contributed by atoms with E-state index in [4.69, 9.17) is 14.0 Å². The first kappa shape index (κ1) is 27.6. The van der Waals surface area contributed by atoms with Gasteiger partial charge in [0.2, 0.25) is 5.92 Å². The molecule has 5 atom stereocenters. The van der Waals surface area contributed by atoms with Crippen LogP contribution in [0.5, 0.6) is 0 Å². The highest BCUT2D eigenvalue weighted by atomic mass is 19.3. The van der Waals surface area contributed by atoms with Crippen molar-refractivity contribution >= 4 is 0 Å². The van der Waals surface area contributed by atoms with E-state index in [1.165, 1.54) is 18.0 Å². The van der Waals surface area contributed by atoms with Gasteiger partial charge >= 0.3 is 0 Å². The third kappa shape index (κ3) is 5.55. The van der Waals surface area contributed by atoms with E-state index in [9.17, 15) is 32.2 Å². The van der Waals surface area contributed by atoms with E-state index in [1.54, 1.807) is 6.07 Å². The Balaban J connectivity index is 1.37. The third-order valence-corrected chi connectivity index (χ3v) is 7.44. The minimum atomic E-state index is -2.67. The average molecular weight is 559 g/mol. The van der Waals surface area contributed by atoms with Crippen molar-refractivity contribution in [3.8, 4) is 11.3 Å². The predicted molar refractivity (Wildman–Crippen MR) is 123 cm³/mol. The number of ether oxygens (including phenoxy) is 2. The summed E-state index contributed by atoms with van der Waals surface area (Å²) in [5.74, 6) is -6.75. The molecule has 0 unspecified atom stereocenters. The van der Waals surface area contributed by atoms with Crippen LogP contribution >= 0.6 is 0 Å². The highest BCUT2D eigenvalue weighted by Crippen LogP contribution is 2.41. The highest BCUT2D eigenvalue weighted by molar-refractivity contribution is 5.57. The standard InChI is InChI=1S/C25H27F5N4O5/c1-37-24-19(9-14-8-18(39-32-14)12-2-4-25(29,30)5-3-12)38-20(11-35)23(36)22(24)34-10-17(31-33-34)13-6-15(26)21(28)16(27)7-13/h6-8,10,12,19-20,22-24,35-36H,2-5,9,11H2,1H3/t19-,20-,22+,23+,24+/m1/s1. The van der Waals surface area contributed by atoms with Crippen LogP contribution in [0, 0.1) is 17.5 Å². The van der Waals surface area contributed by atoms with Crippen LogP contribution in [0.1, 0.15) is 49.1 Å². The second kappa shape index (κ2) is 10.9. The average Bonchev–Trinajstić information content (AvgIpc) is 3.58. The van der Waals surface area contributed by atoms with Gasteiger partial charge in [0.25, 0.3) is 0 Å². The van der Waals surface area contributed by atoms with Crippen LogP contribution in [0.4, 0.5) is 22.0 Å². The number of hydrogen-bond donors (Lipinski definition) is 2. The molecule has 3 aromatic rings. The molecule has 1 aliphatic carbocycles. The molecule has 1 saturated heterocycles. The fourth-order valence-electron chi connectivity index (χ4n) is 5.34. The normalized spacial score (nSPS) is 27.6. The summed E-state index contributed by atoms with van der Waals surface area (Å²) in [6.45, 7) is -0.541. The first-order valence-electron chi connectivity index (χ1n) is 12.5. The van der Waals surface area contributed by atoms with Crippen LogP contribution in [-0.4, -0.2) is 74.4 Å². The zero-order valence-corrected chi connectivity index (χ0v) is 20.8. The number of nitrogens with zero attached hydrogens (tertiary/aromatic N) is 4. The van der Waals surface area contributed by atoms with Gasteiger partial charge in [-0.3, -0.25) is 0 Å². The van der Waals surface area contributed by atoms with Gasteiger partial charge in [-0.05, 0) is 25.0 Å². The van der Waals surface area contributed by atoms with E-state index in [0.29, 0.717) is 11.5 Å². The van der Waals surface area contributed by atoms with Gasteiger partial charge in [0, 0.05) is 43.9 Å². The van der Waals surface area contributed by atoms with Crippen LogP contribution in [0.25, 0.3) is 11.3 Å². The lowest BCUT2D eigenvalue weighted by Gasteiger charge is -2.43. The molecule has 0 amide bonds. The number of aromatic nitrogens is 4. The molecule has 0 spiro atoms. The first-order chi connectivity index (χ1) is 18.6. The van der Waals surface area contributed by atoms with E-state index in [-0.39, 0.29) is 49.3 Å². The summed E-state index contributed by atoms with van der Waals surface area (Å²) < 4.78 is 86.2. The second-order valence-electron chi connectivity index (χ2n) is 9.97. The molecular weight excluding hydrogens is 531 g/mol. The van der Waals surface area contributed by atoms with E-state index in [1.807, 2.05) is 0 Å². The molecule has 0 bridgehead atoms. The van der Waals surface area contributed by atoms with Gasteiger partial charge in [0.15, 0.2) is 17.5 Å². The van der Waals surface area contributed by atoms with Crippen molar-refractivity contribution in [1.29, 1.82) is 0 Å². The minimum Gasteiger partial charge on any atom is -0.394 e. The lowest BCUT2D eigenvalue weighted by molar-refractivity contribution is -0.212. The topological polar surface area (TPSA) is 116 Å². The Hall–Kier alpha value is -2.94. The molecule has 2 aliphatic rings. The maximum atomic E-state index is 13.8. The van der Waals surface area contributed by atoms with Crippen molar-refractivity contribution < 1.29 is 46.2 Å². The number of hydrogen-bond acceptors (Lipinski definition) is 8. The lowest BCUT2D eigenvalue weighted by Crippen LogP contribution is -2.57. The predicted octanol–water partition coefficient (Wildman–Crippen LogP) is 3.56. The third-order valence-electron chi connectivity index (χ3n) is 7.44. The largest absolute Gasteiger partial charge is 0.394 e. The fourth-order valence-corrected chi connectivity index (χ4v) is 5.34. The Morgan fingerprint density at radius 2 is 1.79 bits per heavy atom. The molecule has 1 aliphatic heterocycles.